The topological polar surface area (TPSA) is 38.3 Å². The largest absolute Gasteiger partial charge is 0.493 e. The zero-order valence-corrected chi connectivity index (χ0v) is 18.5. The first-order valence-corrected chi connectivity index (χ1v) is 11.2. The van der Waals surface area contributed by atoms with Crippen molar-refractivity contribution in [2.24, 2.45) is 0 Å². The Kier molecular flexibility index (Phi) is 5.18. The lowest BCUT2D eigenvalue weighted by atomic mass is 9.76. The quantitative estimate of drug-likeness (QED) is 0.415. The smallest absolute Gasteiger partial charge is 0.235 e. The van der Waals surface area contributed by atoms with E-state index in [1.165, 1.54) is 16.7 Å². The van der Waals surface area contributed by atoms with E-state index in [-0.39, 0.29) is 5.91 Å². The molecule has 1 aliphatic carbocycles. The minimum atomic E-state index is -0.628. The summed E-state index contributed by atoms with van der Waals surface area (Å²) < 4.78 is 5.81. The van der Waals surface area contributed by atoms with Crippen LogP contribution in [0.5, 0.6) is 5.75 Å². The Hall–Kier alpha value is -3.59. The van der Waals surface area contributed by atoms with Gasteiger partial charge in [0.05, 0.1) is 12.0 Å². The number of aryl methyl sites for hydroxylation is 1. The van der Waals surface area contributed by atoms with Gasteiger partial charge < -0.3 is 10.1 Å². The predicted molar refractivity (Wildman–Crippen MR) is 130 cm³/mol. The summed E-state index contributed by atoms with van der Waals surface area (Å²) in [5.41, 5.74) is 4.94. The molecule has 0 radical (unpaired) electrons. The highest BCUT2D eigenvalue weighted by molar-refractivity contribution is 6.07. The molecule has 3 heteroatoms. The minimum Gasteiger partial charge on any atom is -0.493 e. The molecule has 1 aliphatic rings. The van der Waals surface area contributed by atoms with Gasteiger partial charge in [0, 0.05) is 16.5 Å². The molecule has 0 saturated carbocycles. The van der Waals surface area contributed by atoms with Gasteiger partial charge in [-0.05, 0) is 55.5 Å². The lowest BCUT2D eigenvalue weighted by Crippen LogP contribution is -2.41. The summed E-state index contributed by atoms with van der Waals surface area (Å²) in [5.74, 6) is 0.870. The molecular formula is C29H27NO2. The van der Waals surface area contributed by atoms with Gasteiger partial charge in [-0.1, -0.05) is 78.4 Å². The summed E-state index contributed by atoms with van der Waals surface area (Å²) in [4.78, 5) is 14.0. The Morgan fingerprint density at radius 3 is 2.12 bits per heavy atom. The van der Waals surface area contributed by atoms with E-state index in [4.69, 9.17) is 4.74 Å². The van der Waals surface area contributed by atoms with Crippen molar-refractivity contribution >= 4 is 22.4 Å². The molecule has 4 aromatic carbocycles. The van der Waals surface area contributed by atoms with Crippen LogP contribution in [0.25, 0.3) is 10.8 Å². The van der Waals surface area contributed by atoms with E-state index in [1.807, 2.05) is 43.3 Å². The highest BCUT2D eigenvalue weighted by atomic mass is 16.5. The van der Waals surface area contributed by atoms with E-state index in [0.29, 0.717) is 19.4 Å². The molecule has 0 unspecified atom stereocenters. The van der Waals surface area contributed by atoms with Crippen LogP contribution in [-0.4, -0.2) is 12.5 Å². The van der Waals surface area contributed by atoms with Crippen molar-refractivity contribution in [3.05, 3.63) is 107 Å². The van der Waals surface area contributed by atoms with E-state index < -0.39 is 5.41 Å². The molecule has 1 amide bonds. The summed E-state index contributed by atoms with van der Waals surface area (Å²) >= 11 is 0. The molecule has 5 rings (SSSR count). The number of nitrogens with one attached hydrogen (secondary N) is 1. The average Bonchev–Trinajstić information content (AvgIpc) is 3.22. The van der Waals surface area contributed by atoms with E-state index in [1.54, 1.807) is 0 Å². The molecule has 1 N–H and O–H groups in total. The highest BCUT2D eigenvalue weighted by Gasteiger charge is 2.45. The lowest BCUT2D eigenvalue weighted by molar-refractivity contribution is -0.121. The molecule has 0 bridgehead atoms. The van der Waals surface area contributed by atoms with Crippen molar-refractivity contribution in [2.45, 2.75) is 32.1 Å². The first-order chi connectivity index (χ1) is 15.6. The Bertz CT molecular complexity index is 1270. The van der Waals surface area contributed by atoms with E-state index in [2.05, 4.69) is 60.8 Å². The highest BCUT2D eigenvalue weighted by Crippen LogP contribution is 2.42. The van der Waals surface area contributed by atoms with Crippen LogP contribution in [0.4, 0.5) is 5.69 Å². The van der Waals surface area contributed by atoms with Crippen LogP contribution in [0, 0.1) is 6.92 Å². The number of rotatable bonds is 5. The van der Waals surface area contributed by atoms with Crippen molar-refractivity contribution < 1.29 is 9.53 Å². The van der Waals surface area contributed by atoms with Crippen LogP contribution in [0.2, 0.25) is 0 Å². The van der Waals surface area contributed by atoms with Crippen LogP contribution >= 0.6 is 0 Å². The Morgan fingerprint density at radius 2 is 1.47 bits per heavy atom. The standard InChI is InChI=1S/C29H27NO2/c1-3-32-27-17-16-26(24-10-6-7-11-25(24)27)30-28(31)29(23-14-12-20(2)13-15-23)18-21-8-4-5-9-22(21)19-29/h4-17H,3,18-19H2,1-2H3,(H,30,31). The summed E-state index contributed by atoms with van der Waals surface area (Å²) in [6, 6.07) is 28.8. The molecule has 0 aliphatic heterocycles. The number of benzene rings is 4. The van der Waals surface area contributed by atoms with Crippen LogP contribution in [0.1, 0.15) is 29.2 Å². The van der Waals surface area contributed by atoms with Crippen molar-refractivity contribution in [1.82, 2.24) is 0 Å². The van der Waals surface area contributed by atoms with Gasteiger partial charge in [0.25, 0.3) is 0 Å². The average molecular weight is 422 g/mol. The summed E-state index contributed by atoms with van der Waals surface area (Å²) in [7, 11) is 0. The van der Waals surface area contributed by atoms with Crippen molar-refractivity contribution in [3.63, 3.8) is 0 Å². The molecule has 0 aromatic heterocycles. The molecule has 160 valence electrons. The number of carbonyl (C=O) groups excluding carboxylic acids is 1. The molecule has 3 nitrogen and oxygen atoms in total. The first kappa shape index (κ1) is 20.3. The summed E-state index contributed by atoms with van der Waals surface area (Å²) in [6.07, 6.45) is 1.40. The normalized spacial score (nSPS) is 14.2. The number of carbonyl (C=O) groups is 1. The van der Waals surface area contributed by atoms with Crippen molar-refractivity contribution in [2.75, 3.05) is 11.9 Å². The summed E-state index contributed by atoms with van der Waals surface area (Å²) in [5, 5.41) is 5.28. The summed E-state index contributed by atoms with van der Waals surface area (Å²) in [6.45, 7) is 4.66. The number of anilines is 1. The zero-order valence-electron chi connectivity index (χ0n) is 18.5. The Morgan fingerprint density at radius 1 is 0.844 bits per heavy atom. The second-order valence-corrected chi connectivity index (χ2v) is 8.61. The van der Waals surface area contributed by atoms with Gasteiger partial charge in [-0.3, -0.25) is 4.79 Å². The number of hydrogen-bond acceptors (Lipinski definition) is 2. The molecule has 0 atom stereocenters. The van der Waals surface area contributed by atoms with E-state index >= 15 is 0 Å². The molecule has 32 heavy (non-hydrogen) atoms. The van der Waals surface area contributed by atoms with Crippen LogP contribution < -0.4 is 10.1 Å². The van der Waals surface area contributed by atoms with Crippen LogP contribution in [0.15, 0.2) is 84.9 Å². The minimum absolute atomic E-state index is 0.0341. The van der Waals surface area contributed by atoms with Gasteiger partial charge in [0.2, 0.25) is 5.91 Å². The zero-order chi connectivity index (χ0) is 22.1. The van der Waals surface area contributed by atoms with Crippen LogP contribution in [-0.2, 0) is 23.1 Å². The second-order valence-electron chi connectivity index (χ2n) is 8.61. The first-order valence-electron chi connectivity index (χ1n) is 11.2. The SMILES string of the molecule is CCOc1ccc(NC(=O)C2(c3ccc(C)cc3)Cc3ccccc3C2)c2ccccc12. The molecule has 0 fully saturated rings. The van der Waals surface area contributed by atoms with Gasteiger partial charge in [0.15, 0.2) is 0 Å². The van der Waals surface area contributed by atoms with E-state index in [9.17, 15) is 4.79 Å². The third kappa shape index (κ3) is 3.44. The van der Waals surface area contributed by atoms with Gasteiger partial charge in [-0.15, -0.1) is 0 Å². The third-order valence-electron chi connectivity index (χ3n) is 6.57. The fourth-order valence-corrected chi connectivity index (χ4v) is 4.89. The Balaban J connectivity index is 1.57. The maximum absolute atomic E-state index is 14.0. The molecule has 0 heterocycles. The second kappa shape index (κ2) is 8.16. The third-order valence-corrected chi connectivity index (χ3v) is 6.57. The fourth-order valence-electron chi connectivity index (χ4n) is 4.89. The molecule has 0 spiro atoms. The molecule has 4 aromatic rings. The van der Waals surface area contributed by atoms with Crippen molar-refractivity contribution in [3.8, 4) is 5.75 Å². The van der Waals surface area contributed by atoms with Crippen molar-refractivity contribution in [1.29, 1.82) is 0 Å². The monoisotopic (exact) mass is 421 g/mol. The molecular weight excluding hydrogens is 394 g/mol. The predicted octanol–water partition coefficient (Wildman–Crippen LogP) is 6.22. The lowest BCUT2D eigenvalue weighted by Gasteiger charge is -2.29. The number of fused-ring (bicyclic) bond motifs is 2. The maximum atomic E-state index is 14.0. The van der Waals surface area contributed by atoms with Gasteiger partial charge in [-0.25, -0.2) is 0 Å². The number of ether oxygens (including phenoxy) is 1. The van der Waals surface area contributed by atoms with Crippen LogP contribution in [0.3, 0.4) is 0 Å². The Labute approximate surface area is 189 Å². The van der Waals surface area contributed by atoms with E-state index in [0.717, 1.165) is 27.8 Å². The van der Waals surface area contributed by atoms with Gasteiger partial charge in [-0.2, -0.15) is 0 Å². The van der Waals surface area contributed by atoms with Gasteiger partial charge in [0.1, 0.15) is 5.75 Å². The number of hydrogen-bond donors (Lipinski definition) is 1. The maximum Gasteiger partial charge on any atom is 0.235 e. The number of amides is 1. The van der Waals surface area contributed by atoms with Gasteiger partial charge >= 0.3 is 0 Å². The fraction of sp³-hybridized carbons (Fsp3) is 0.207. The molecule has 0 saturated heterocycles.